The van der Waals surface area contributed by atoms with Crippen LogP contribution in [0.5, 0.6) is 0 Å². The van der Waals surface area contributed by atoms with E-state index in [1.165, 1.54) is 28.0 Å². The lowest BCUT2D eigenvalue weighted by Crippen LogP contribution is -2.26. The van der Waals surface area contributed by atoms with Gasteiger partial charge in [0.05, 0.1) is 18.5 Å². The molecule has 0 aliphatic rings. The molecule has 4 nitrogen and oxygen atoms in total. The van der Waals surface area contributed by atoms with Crippen molar-refractivity contribution in [3.05, 3.63) is 51.1 Å². The molecule has 2 aromatic heterocycles. The standard InChI is InChI=1S/C18H18F2N2O2S/c1-11-15(12-3-5-13(20)6-4-12)16-17(25-11)21-14(7-10-24-2)22(9-8-19)18(16)23/h3-6H,7-10H2,1-2H3. The van der Waals surface area contributed by atoms with Gasteiger partial charge in [-0.05, 0) is 24.6 Å². The Morgan fingerprint density at radius 3 is 2.64 bits per heavy atom. The van der Waals surface area contributed by atoms with Crippen LogP contribution in [0.15, 0.2) is 29.1 Å². The van der Waals surface area contributed by atoms with Gasteiger partial charge in [-0.15, -0.1) is 11.3 Å². The molecular formula is C18H18F2N2O2S. The first-order valence-electron chi connectivity index (χ1n) is 7.90. The van der Waals surface area contributed by atoms with Gasteiger partial charge in [0.15, 0.2) is 0 Å². The van der Waals surface area contributed by atoms with E-state index in [0.717, 1.165) is 16.0 Å². The maximum Gasteiger partial charge on any atom is 0.263 e. The fraction of sp³-hybridized carbons (Fsp3) is 0.333. The highest BCUT2D eigenvalue weighted by atomic mass is 32.1. The van der Waals surface area contributed by atoms with Crippen LogP contribution < -0.4 is 5.56 Å². The number of methoxy groups -OCH3 is 1. The Morgan fingerprint density at radius 1 is 1.28 bits per heavy atom. The summed E-state index contributed by atoms with van der Waals surface area (Å²) in [5.74, 6) is 0.180. The van der Waals surface area contributed by atoms with Crippen LogP contribution in [0.4, 0.5) is 8.78 Å². The SMILES string of the molecule is COCCc1nc2sc(C)c(-c3ccc(F)cc3)c2c(=O)n1CCF. The Kier molecular flexibility index (Phi) is 5.24. The number of benzene rings is 1. The van der Waals surface area contributed by atoms with Gasteiger partial charge in [0, 0.05) is 24.0 Å². The monoisotopic (exact) mass is 364 g/mol. The van der Waals surface area contributed by atoms with Crippen molar-refractivity contribution in [3.63, 3.8) is 0 Å². The van der Waals surface area contributed by atoms with Gasteiger partial charge in [-0.1, -0.05) is 12.1 Å². The fourth-order valence-electron chi connectivity index (χ4n) is 2.90. The normalized spacial score (nSPS) is 11.4. The van der Waals surface area contributed by atoms with Crippen LogP contribution in [-0.2, 0) is 17.7 Å². The quantitative estimate of drug-likeness (QED) is 0.669. The van der Waals surface area contributed by atoms with E-state index in [4.69, 9.17) is 4.74 Å². The highest BCUT2D eigenvalue weighted by Gasteiger charge is 2.19. The maximum atomic E-state index is 13.2. The molecule has 0 bridgehead atoms. The van der Waals surface area contributed by atoms with E-state index in [9.17, 15) is 13.6 Å². The van der Waals surface area contributed by atoms with Crippen molar-refractivity contribution in [2.45, 2.75) is 19.9 Å². The Hall–Kier alpha value is -2.12. The predicted molar refractivity (Wildman–Crippen MR) is 95.6 cm³/mol. The summed E-state index contributed by atoms with van der Waals surface area (Å²) in [4.78, 5) is 19.1. The summed E-state index contributed by atoms with van der Waals surface area (Å²) in [6.45, 7) is 1.61. The van der Waals surface area contributed by atoms with E-state index < -0.39 is 6.67 Å². The van der Waals surface area contributed by atoms with Crippen LogP contribution >= 0.6 is 11.3 Å². The average molecular weight is 364 g/mol. The van der Waals surface area contributed by atoms with E-state index >= 15 is 0 Å². The molecule has 0 amide bonds. The molecule has 0 saturated heterocycles. The largest absolute Gasteiger partial charge is 0.384 e. The van der Waals surface area contributed by atoms with Crippen LogP contribution in [0.3, 0.4) is 0 Å². The molecule has 1 aromatic carbocycles. The molecule has 132 valence electrons. The topological polar surface area (TPSA) is 44.1 Å². The predicted octanol–water partition coefficient (Wildman–Crippen LogP) is 3.73. The first-order chi connectivity index (χ1) is 12.1. The number of halogens is 2. The molecule has 0 saturated carbocycles. The first kappa shape index (κ1) is 17.7. The number of hydrogen-bond acceptors (Lipinski definition) is 4. The van der Waals surface area contributed by atoms with E-state index in [2.05, 4.69) is 4.98 Å². The smallest absolute Gasteiger partial charge is 0.263 e. The number of nitrogens with zero attached hydrogens (tertiary/aromatic N) is 2. The molecule has 7 heteroatoms. The van der Waals surface area contributed by atoms with Crippen molar-refractivity contribution in [1.82, 2.24) is 9.55 Å². The minimum absolute atomic E-state index is 0.0431. The Morgan fingerprint density at radius 2 is 2.00 bits per heavy atom. The van der Waals surface area contributed by atoms with Crippen molar-refractivity contribution >= 4 is 21.6 Å². The Labute approximate surface area is 147 Å². The van der Waals surface area contributed by atoms with Crippen LogP contribution in [-0.4, -0.2) is 29.9 Å². The van der Waals surface area contributed by atoms with Gasteiger partial charge < -0.3 is 4.74 Å². The van der Waals surface area contributed by atoms with Gasteiger partial charge in [-0.25, -0.2) is 13.8 Å². The minimum atomic E-state index is -0.651. The lowest BCUT2D eigenvalue weighted by atomic mass is 10.0. The van der Waals surface area contributed by atoms with Gasteiger partial charge in [-0.2, -0.15) is 0 Å². The van der Waals surface area contributed by atoms with E-state index in [1.807, 2.05) is 6.92 Å². The fourth-order valence-corrected chi connectivity index (χ4v) is 3.95. The van der Waals surface area contributed by atoms with E-state index in [-0.39, 0.29) is 17.9 Å². The number of alkyl halides is 1. The van der Waals surface area contributed by atoms with Crippen molar-refractivity contribution < 1.29 is 13.5 Å². The van der Waals surface area contributed by atoms with Crippen LogP contribution in [0, 0.1) is 12.7 Å². The lowest BCUT2D eigenvalue weighted by Gasteiger charge is -2.11. The highest BCUT2D eigenvalue weighted by molar-refractivity contribution is 7.19. The van der Waals surface area contributed by atoms with Crippen LogP contribution in [0.2, 0.25) is 0 Å². The van der Waals surface area contributed by atoms with Gasteiger partial charge in [0.25, 0.3) is 5.56 Å². The summed E-state index contributed by atoms with van der Waals surface area (Å²) in [5.41, 5.74) is 1.22. The lowest BCUT2D eigenvalue weighted by molar-refractivity contribution is 0.199. The number of aromatic nitrogens is 2. The third-order valence-corrected chi connectivity index (χ3v) is 5.04. The minimum Gasteiger partial charge on any atom is -0.384 e. The molecule has 3 rings (SSSR count). The molecule has 0 aliphatic heterocycles. The van der Waals surface area contributed by atoms with Gasteiger partial charge in [0.1, 0.15) is 23.1 Å². The molecular weight excluding hydrogens is 346 g/mol. The third-order valence-electron chi connectivity index (χ3n) is 4.04. The number of fused-ring (bicyclic) bond motifs is 1. The second-order valence-corrected chi connectivity index (χ2v) is 6.84. The Bertz CT molecular complexity index is 948. The molecule has 0 atom stereocenters. The summed E-state index contributed by atoms with van der Waals surface area (Å²) in [5, 5.41) is 0.462. The molecule has 0 unspecified atom stereocenters. The maximum absolute atomic E-state index is 13.2. The molecule has 0 spiro atoms. The van der Waals surface area contributed by atoms with E-state index in [1.54, 1.807) is 19.2 Å². The third kappa shape index (κ3) is 3.34. The summed E-state index contributed by atoms with van der Waals surface area (Å²) in [7, 11) is 1.57. The number of ether oxygens (including phenoxy) is 1. The molecule has 0 N–H and O–H groups in total. The van der Waals surface area contributed by atoms with Crippen LogP contribution in [0.1, 0.15) is 10.7 Å². The molecule has 25 heavy (non-hydrogen) atoms. The number of thiophene rings is 1. The highest BCUT2D eigenvalue weighted by Crippen LogP contribution is 2.35. The zero-order valence-electron chi connectivity index (χ0n) is 14.0. The zero-order valence-corrected chi connectivity index (χ0v) is 14.8. The average Bonchev–Trinajstić information content (AvgIpc) is 2.93. The van der Waals surface area contributed by atoms with Crippen LogP contribution in [0.25, 0.3) is 21.3 Å². The summed E-state index contributed by atoms with van der Waals surface area (Å²) < 4.78 is 32.6. The summed E-state index contributed by atoms with van der Waals surface area (Å²) in [6.07, 6.45) is 0.435. The molecule has 0 fully saturated rings. The van der Waals surface area contributed by atoms with Gasteiger partial charge in [-0.3, -0.25) is 9.36 Å². The van der Waals surface area contributed by atoms with Crippen molar-refractivity contribution in [2.24, 2.45) is 0 Å². The first-order valence-corrected chi connectivity index (χ1v) is 8.72. The number of aryl methyl sites for hydroxylation is 1. The van der Waals surface area contributed by atoms with E-state index in [0.29, 0.717) is 29.1 Å². The number of hydrogen-bond donors (Lipinski definition) is 0. The molecule has 0 aliphatic carbocycles. The molecule has 0 radical (unpaired) electrons. The Balaban J connectivity index is 2.26. The second kappa shape index (κ2) is 7.41. The second-order valence-electron chi connectivity index (χ2n) is 5.64. The van der Waals surface area contributed by atoms with Crippen molar-refractivity contribution in [1.29, 1.82) is 0 Å². The number of rotatable bonds is 6. The summed E-state index contributed by atoms with van der Waals surface area (Å²) in [6, 6.07) is 6.00. The molecule has 2 heterocycles. The molecule has 3 aromatic rings. The summed E-state index contributed by atoms with van der Waals surface area (Å²) >= 11 is 1.41. The van der Waals surface area contributed by atoms with Gasteiger partial charge >= 0.3 is 0 Å². The van der Waals surface area contributed by atoms with Crippen molar-refractivity contribution in [3.8, 4) is 11.1 Å². The van der Waals surface area contributed by atoms with Gasteiger partial charge in [0.2, 0.25) is 0 Å². The van der Waals surface area contributed by atoms with Crippen molar-refractivity contribution in [2.75, 3.05) is 20.4 Å². The zero-order chi connectivity index (χ0) is 18.0.